The Labute approximate surface area is 183 Å². The van der Waals surface area contributed by atoms with E-state index in [2.05, 4.69) is 9.71 Å². The number of benzene rings is 2. The highest BCUT2D eigenvalue weighted by atomic mass is 32.2. The molecule has 8 nitrogen and oxygen atoms in total. The van der Waals surface area contributed by atoms with Crippen molar-refractivity contribution in [3.05, 3.63) is 54.1 Å². The van der Waals surface area contributed by atoms with Crippen LogP contribution in [-0.4, -0.2) is 48.8 Å². The van der Waals surface area contributed by atoms with Crippen molar-refractivity contribution in [3.63, 3.8) is 0 Å². The molecule has 31 heavy (non-hydrogen) atoms. The average Bonchev–Trinajstić information content (AvgIpc) is 3.17. The van der Waals surface area contributed by atoms with Crippen molar-refractivity contribution in [1.82, 2.24) is 14.6 Å². The number of fused-ring (bicyclic) bond motifs is 1. The summed E-state index contributed by atoms with van der Waals surface area (Å²) in [4.78, 5) is 31.2. The number of nitrogens with one attached hydrogen (secondary N) is 1. The predicted molar refractivity (Wildman–Crippen MR) is 117 cm³/mol. The molecule has 2 amide bonds. The third-order valence-electron chi connectivity index (χ3n) is 5.28. The lowest BCUT2D eigenvalue weighted by Gasteiger charge is -2.48. The van der Waals surface area contributed by atoms with E-state index >= 15 is 0 Å². The van der Waals surface area contributed by atoms with Crippen LogP contribution in [0.5, 0.6) is 5.75 Å². The average molecular weight is 460 g/mol. The van der Waals surface area contributed by atoms with Gasteiger partial charge in [-0.05, 0) is 50.6 Å². The third-order valence-corrected chi connectivity index (χ3v) is 8.01. The van der Waals surface area contributed by atoms with Crippen LogP contribution in [0, 0.1) is 0 Å². The number of carbonyl (C=O) groups is 2. The van der Waals surface area contributed by atoms with Crippen LogP contribution in [0.4, 0.5) is 0 Å². The molecule has 0 radical (unpaired) electrons. The van der Waals surface area contributed by atoms with E-state index in [1.807, 2.05) is 6.92 Å². The summed E-state index contributed by atoms with van der Waals surface area (Å²) < 4.78 is 33.6. The number of hydrogen-bond donors (Lipinski definition) is 1. The van der Waals surface area contributed by atoms with Gasteiger partial charge in [0.25, 0.3) is 21.8 Å². The standard InChI is InChI=1S/C21H21N3O5S2/c1-3-29-15-9-10-16-17(13-15)30-20(22-16)31(27,28)23-19(26)21(2)11-12-24(21)18(25)14-7-5-4-6-8-14/h4-10,13H,3,11-12H2,1-2H3,(H,23,26). The van der Waals surface area contributed by atoms with E-state index in [9.17, 15) is 18.0 Å². The normalized spacial score (nSPS) is 18.5. The highest BCUT2D eigenvalue weighted by Gasteiger charge is 2.50. The van der Waals surface area contributed by atoms with Crippen LogP contribution < -0.4 is 9.46 Å². The fourth-order valence-corrected chi connectivity index (χ4v) is 5.72. The highest BCUT2D eigenvalue weighted by Crippen LogP contribution is 2.33. The van der Waals surface area contributed by atoms with Gasteiger partial charge in [-0.25, -0.2) is 9.71 Å². The molecule has 2 aromatic carbocycles. The first-order chi connectivity index (χ1) is 14.7. The molecule has 0 bridgehead atoms. The van der Waals surface area contributed by atoms with E-state index in [0.29, 0.717) is 41.1 Å². The number of carbonyl (C=O) groups excluding carboxylic acids is 2. The zero-order chi connectivity index (χ0) is 22.2. The number of likely N-dealkylation sites (tertiary alicyclic amines) is 1. The van der Waals surface area contributed by atoms with Crippen molar-refractivity contribution >= 4 is 43.4 Å². The van der Waals surface area contributed by atoms with Gasteiger partial charge in [0.15, 0.2) is 0 Å². The van der Waals surface area contributed by atoms with Crippen LogP contribution in [0.15, 0.2) is 52.9 Å². The summed E-state index contributed by atoms with van der Waals surface area (Å²) in [5.41, 5.74) is -0.309. The summed E-state index contributed by atoms with van der Waals surface area (Å²) in [6, 6.07) is 13.7. The summed E-state index contributed by atoms with van der Waals surface area (Å²) in [5, 5.41) is 0. The van der Waals surface area contributed by atoms with Crippen molar-refractivity contribution < 1.29 is 22.7 Å². The molecule has 1 fully saturated rings. The van der Waals surface area contributed by atoms with Crippen LogP contribution >= 0.6 is 11.3 Å². The number of nitrogens with zero attached hydrogens (tertiary/aromatic N) is 2. The lowest BCUT2D eigenvalue weighted by Crippen LogP contribution is -2.67. The number of sulfonamides is 1. The van der Waals surface area contributed by atoms with Crippen LogP contribution in [0.1, 0.15) is 30.6 Å². The van der Waals surface area contributed by atoms with Crippen molar-refractivity contribution in [1.29, 1.82) is 0 Å². The second kappa shape index (κ2) is 7.93. The quantitative estimate of drug-likeness (QED) is 0.608. The zero-order valence-corrected chi connectivity index (χ0v) is 18.6. The van der Waals surface area contributed by atoms with Crippen LogP contribution in [-0.2, 0) is 14.8 Å². The van der Waals surface area contributed by atoms with Crippen LogP contribution in [0.25, 0.3) is 10.2 Å². The number of rotatable bonds is 6. The maximum Gasteiger partial charge on any atom is 0.291 e. The Morgan fingerprint density at radius 1 is 1.23 bits per heavy atom. The smallest absolute Gasteiger partial charge is 0.291 e. The third kappa shape index (κ3) is 3.88. The van der Waals surface area contributed by atoms with Gasteiger partial charge in [0.05, 0.1) is 16.8 Å². The number of aromatic nitrogens is 1. The minimum atomic E-state index is -4.19. The van der Waals surface area contributed by atoms with Gasteiger partial charge in [0.2, 0.25) is 4.34 Å². The molecule has 1 unspecified atom stereocenters. The first-order valence-electron chi connectivity index (χ1n) is 9.72. The second-order valence-electron chi connectivity index (χ2n) is 7.32. The van der Waals surface area contributed by atoms with E-state index in [1.54, 1.807) is 55.5 Å². The Kier molecular flexibility index (Phi) is 5.44. The molecule has 1 saturated heterocycles. The maximum absolute atomic E-state index is 12.9. The lowest BCUT2D eigenvalue weighted by molar-refractivity contribution is -0.135. The molecule has 1 N–H and O–H groups in total. The summed E-state index contributed by atoms with van der Waals surface area (Å²) in [5.74, 6) is -0.452. The number of hydrogen-bond acceptors (Lipinski definition) is 7. The highest BCUT2D eigenvalue weighted by molar-refractivity contribution is 7.92. The van der Waals surface area contributed by atoms with E-state index in [0.717, 1.165) is 11.3 Å². The number of ether oxygens (including phenoxy) is 1. The van der Waals surface area contributed by atoms with Crippen LogP contribution in [0.3, 0.4) is 0 Å². The topological polar surface area (TPSA) is 106 Å². The monoisotopic (exact) mass is 459 g/mol. The maximum atomic E-state index is 12.9. The largest absolute Gasteiger partial charge is 0.494 e. The van der Waals surface area contributed by atoms with Crippen LogP contribution in [0.2, 0.25) is 0 Å². The number of thiazole rings is 1. The van der Waals surface area contributed by atoms with Gasteiger partial charge in [0, 0.05) is 12.1 Å². The van der Waals surface area contributed by atoms with Gasteiger partial charge in [-0.2, -0.15) is 8.42 Å². The van der Waals surface area contributed by atoms with Gasteiger partial charge < -0.3 is 9.64 Å². The Hall–Kier alpha value is -2.98. The Bertz CT molecular complexity index is 1260. The van der Waals surface area contributed by atoms with Crippen molar-refractivity contribution in [2.24, 2.45) is 0 Å². The first-order valence-corrected chi connectivity index (χ1v) is 12.0. The summed E-state index contributed by atoms with van der Waals surface area (Å²) >= 11 is 0.952. The molecular weight excluding hydrogens is 438 g/mol. The molecule has 1 atom stereocenters. The molecule has 1 aromatic heterocycles. The predicted octanol–water partition coefficient (Wildman–Crippen LogP) is 2.80. The van der Waals surface area contributed by atoms with Gasteiger partial charge in [-0.15, -0.1) is 11.3 Å². The van der Waals surface area contributed by atoms with E-state index in [-0.39, 0.29) is 10.2 Å². The van der Waals surface area contributed by atoms with Crippen molar-refractivity contribution in [2.45, 2.75) is 30.1 Å². The van der Waals surface area contributed by atoms with E-state index in [4.69, 9.17) is 4.74 Å². The lowest BCUT2D eigenvalue weighted by atomic mass is 9.85. The fraction of sp³-hybridized carbons (Fsp3) is 0.286. The number of amides is 2. The summed E-state index contributed by atoms with van der Waals surface area (Å²) in [6.07, 6.45) is 0.366. The second-order valence-corrected chi connectivity index (χ2v) is 10.2. The first kappa shape index (κ1) is 21.3. The van der Waals surface area contributed by atoms with E-state index < -0.39 is 21.5 Å². The molecule has 1 aliphatic heterocycles. The molecule has 3 aromatic rings. The Balaban J connectivity index is 1.54. The van der Waals surface area contributed by atoms with Crippen molar-refractivity contribution in [3.8, 4) is 5.75 Å². The van der Waals surface area contributed by atoms with E-state index in [1.165, 1.54) is 4.90 Å². The molecule has 10 heteroatoms. The molecule has 0 spiro atoms. The molecule has 2 heterocycles. The molecule has 0 saturated carbocycles. The minimum absolute atomic E-state index is 0.214. The molecule has 0 aliphatic carbocycles. The minimum Gasteiger partial charge on any atom is -0.494 e. The van der Waals surface area contributed by atoms with Gasteiger partial charge in [0.1, 0.15) is 11.3 Å². The zero-order valence-electron chi connectivity index (χ0n) is 17.0. The van der Waals surface area contributed by atoms with Crippen molar-refractivity contribution in [2.75, 3.05) is 13.2 Å². The molecule has 162 valence electrons. The Morgan fingerprint density at radius 3 is 2.61 bits per heavy atom. The SMILES string of the molecule is CCOc1ccc2nc(S(=O)(=O)NC(=O)C3(C)CCN3C(=O)c3ccccc3)sc2c1. The van der Waals surface area contributed by atoms with Gasteiger partial charge in [-0.1, -0.05) is 18.2 Å². The summed E-state index contributed by atoms with van der Waals surface area (Å²) in [7, 11) is -4.19. The Morgan fingerprint density at radius 2 is 1.97 bits per heavy atom. The molecule has 4 rings (SSSR count). The van der Waals surface area contributed by atoms with Gasteiger partial charge >= 0.3 is 0 Å². The molecule has 1 aliphatic rings. The van der Waals surface area contributed by atoms with Gasteiger partial charge in [-0.3, -0.25) is 9.59 Å². The molecular formula is C21H21N3O5S2. The fourth-order valence-electron chi connectivity index (χ4n) is 3.39. The summed E-state index contributed by atoms with van der Waals surface area (Å²) in [6.45, 7) is 4.28.